The Morgan fingerprint density at radius 1 is 0.823 bits per heavy atom. The molecule has 0 bridgehead atoms. The molecule has 4 aliphatic heterocycles. The molecule has 4 fully saturated rings. The lowest BCUT2D eigenvalue weighted by atomic mass is 9.97. The molecule has 4 heterocycles. The van der Waals surface area contributed by atoms with Crippen LogP contribution in [0.4, 0.5) is 0 Å². The highest BCUT2D eigenvalue weighted by atomic mass is 127. The summed E-state index contributed by atoms with van der Waals surface area (Å²) in [6.07, 6.45) is -13.0. The maximum absolute atomic E-state index is 14.1. The van der Waals surface area contributed by atoms with Crippen molar-refractivity contribution in [2.45, 2.75) is 158 Å². The monoisotopic (exact) mass is 1020 g/mol. The molecule has 0 spiro atoms. The van der Waals surface area contributed by atoms with E-state index in [4.69, 9.17) is 56.9 Å². The van der Waals surface area contributed by atoms with Gasteiger partial charge < -0.3 is 77.4 Å². The molecule has 4 saturated heterocycles. The number of aliphatic hydroxyl groups is 4. The van der Waals surface area contributed by atoms with Crippen LogP contribution < -0.4 is 19.7 Å². The number of nitrogens with zero attached hydrogens (tertiary/aromatic N) is 1. The van der Waals surface area contributed by atoms with Crippen LogP contribution in [0.25, 0.3) is 0 Å². The molecule has 1 aromatic rings. The van der Waals surface area contributed by atoms with Crippen LogP contribution in [0.2, 0.25) is 0 Å². The van der Waals surface area contributed by atoms with Crippen LogP contribution >= 0.6 is 34.4 Å². The zero-order valence-corrected chi connectivity index (χ0v) is 39.9. The number of methoxy groups -OCH3 is 5. The van der Waals surface area contributed by atoms with E-state index in [0.717, 1.165) is 11.8 Å². The van der Waals surface area contributed by atoms with Crippen LogP contribution in [0.1, 0.15) is 63.4 Å². The number of thioether (sulfide) groups is 1. The van der Waals surface area contributed by atoms with Crippen LogP contribution in [0.3, 0.4) is 0 Å². The standard InChI is InChI=1S/C40H63IN2O18S/c1-12-43(20(6)44)21-15-55-24(14-23(21)50-7)59-35-30(47)28(17(3)57-40(35)54-11)42-61-25-13-22(45)37(19(5)56-25)62-38(49)26-16(2)27(41)33(36(53-10)32(26)51-8)60-39-31(48)34(52-9)29(46)18(4)58-39/h17-19,21-25,28-31,34-35,37,39-40,42,45-48H,12-15H2,1-11H3/t17-,18+,19-,21+,22+,23+,24+,25+,28?,29+,30+,31-,34-,35-,37?,39+,40?/m1/s1. The molecule has 5 rings (SSSR count). The zero-order valence-electron chi connectivity index (χ0n) is 36.9. The number of hydrogen-bond acceptors (Lipinski definition) is 20. The van der Waals surface area contributed by atoms with E-state index in [-0.39, 0.29) is 60.3 Å². The molecule has 22 heteroatoms. The largest absolute Gasteiger partial charge is 0.492 e. The first kappa shape index (κ1) is 51.3. The fourth-order valence-electron chi connectivity index (χ4n) is 8.34. The molecule has 0 aliphatic carbocycles. The molecule has 1 amide bonds. The van der Waals surface area contributed by atoms with Gasteiger partial charge in [0.05, 0.1) is 77.8 Å². The molecule has 5 N–H and O–H groups in total. The molecule has 4 aliphatic rings. The van der Waals surface area contributed by atoms with E-state index >= 15 is 0 Å². The molecule has 20 nitrogen and oxygen atoms in total. The second-order valence-corrected chi connectivity index (χ2v) is 17.8. The summed E-state index contributed by atoms with van der Waals surface area (Å²) < 4.78 is 64.8. The Morgan fingerprint density at radius 2 is 1.50 bits per heavy atom. The van der Waals surface area contributed by atoms with Gasteiger partial charge in [-0.25, -0.2) is 0 Å². The second-order valence-electron chi connectivity index (χ2n) is 15.6. The van der Waals surface area contributed by atoms with E-state index in [2.05, 4.69) is 5.48 Å². The minimum Gasteiger partial charge on any atom is -0.492 e. The number of aliphatic hydroxyl groups excluding tert-OH is 4. The normalized spacial score (nSPS) is 37.7. The summed E-state index contributed by atoms with van der Waals surface area (Å²) in [6.45, 7) is 10.8. The lowest BCUT2D eigenvalue weighted by Gasteiger charge is -2.46. The maximum Gasteiger partial charge on any atom is 0.229 e. The van der Waals surface area contributed by atoms with Gasteiger partial charge in [-0.05, 0) is 62.8 Å². The number of ether oxygens (including phenoxy) is 11. The molecule has 0 radical (unpaired) electrons. The van der Waals surface area contributed by atoms with Gasteiger partial charge >= 0.3 is 0 Å². The fraction of sp³-hybridized carbons (Fsp3) is 0.800. The van der Waals surface area contributed by atoms with Crippen molar-refractivity contribution in [2.24, 2.45) is 0 Å². The molecule has 354 valence electrons. The van der Waals surface area contributed by atoms with Gasteiger partial charge in [0.2, 0.25) is 23.1 Å². The summed E-state index contributed by atoms with van der Waals surface area (Å²) in [4.78, 5) is 34.0. The number of carbonyl (C=O) groups excluding carboxylic acids is 2. The van der Waals surface area contributed by atoms with E-state index in [9.17, 15) is 30.0 Å². The quantitative estimate of drug-likeness (QED) is 0.116. The van der Waals surface area contributed by atoms with Crippen LogP contribution in [0, 0.1) is 10.5 Å². The molecule has 62 heavy (non-hydrogen) atoms. The first-order valence-corrected chi connectivity index (χ1v) is 22.5. The van der Waals surface area contributed by atoms with Crippen LogP contribution in [-0.4, -0.2) is 189 Å². The van der Waals surface area contributed by atoms with Crippen molar-refractivity contribution in [1.82, 2.24) is 10.4 Å². The number of carbonyl (C=O) groups is 2. The molecule has 0 saturated carbocycles. The van der Waals surface area contributed by atoms with Crippen molar-refractivity contribution in [3.63, 3.8) is 0 Å². The number of rotatable bonds is 16. The first-order valence-electron chi connectivity index (χ1n) is 20.5. The van der Waals surface area contributed by atoms with Crippen molar-refractivity contribution < 1.29 is 87.0 Å². The van der Waals surface area contributed by atoms with Crippen molar-refractivity contribution in [1.29, 1.82) is 0 Å². The Hall–Kier alpha value is -1.72. The third kappa shape index (κ3) is 10.9. The number of benzene rings is 1. The van der Waals surface area contributed by atoms with E-state index in [1.54, 1.807) is 39.7 Å². The van der Waals surface area contributed by atoms with Crippen LogP contribution in [0.5, 0.6) is 17.2 Å². The van der Waals surface area contributed by atoms with Crippen LogP contribution in [-0.2, 0) is 47.5 Å². The van der Waals surface area contributed by atoms with Gasteiger partial charge in [-0.2, -0.15) is 5.48 Å². The fourth-order valence-corrected chi connectivity index (χ4v) is 10.1. The lowest BCUT2D eigenvalue weighted by molar-refractivity contribution is -0.331. The van der Waals surface area contributed by atoms with E-state index in [1.165, 1.54) is 35.4 Å². The predicted octanol–water partition coefficient (Wildman–Crippen LogP) is 1.24. The minimum atomic E-state index is -1.36. The minimum absolute atomic E-state index is 0.0332. The van der Waals surface area contributed by atoms with Gasteiger partial charge in [-0.1, -0.05) is 11.8 Å². The molecule has 17 atom stereocenters. The van der Waals surface area contributed by atoms with Gasteiger partial charge in [0.25, 0.3) is 0 Å². The molecular formula is C40H63IN2O18S. The average molecular weight is 1020 g/mol. The number of halogens is 1. The van der Waals surface area contributed by atoms with Crippen LogP contribution in [0.15, 0.2) is 0 Å². The summed E-state index contributed by atoms with van der Waals surface area (Å²) in [5.41, 5.74) is 3.52. The van der Waals surface area contributed by atoms with E-state index < -0.39 is 96.5 Å². The maximum atomic E-state index is 14.1. The Kier molecular flexibility index (Phi) is 18.7. The van der Waals surface area contributed by atoms with Gasteiger partial charge in [0.15, 0.2) is 30.4 Å². The third-order valence-electron chi connectivity index (χ3n) is 11.8. The van der Waals surface area contributed by atoms with E-state index in [1.807, 2.05) is 29.5 Å². The Balaban J connectivity index is 1.22. The summed E-state index contributed by atoms with van der Waals surface area (Å²) in [6, 6.07) is -1.15. The lowest BCUT2D eigenvalue weighted by Crippen LogP contribution is -2.64. The summed E-state index contributed by atoms with van der Waals surface area (Å²) >= 11 is 2.88. The number of hydroxylamine groups is 1. The SMILES string of the molecule is CCN(C(C)=O)[C@H]1CO[C@@H](O[C@H]2C(OC)O[C@H](C)C(NO[C@H]3C[C@H](O)C(SC(=O)c4c(C)c(I)c(O[C@@H]5O[C@@H](C)[C@H](O)[C@@H](OC)[C@H]5O)c(OC)c4OC)[C@@H](C)O3)[C@@H]2O)C[C@@H]1OC. The topological polar surface area (TPSA) is 241 Å². The highest BCUT2D eigenvalue weighted by Gasteiger charge is 2.49. The van der Waals surface area contributed by atoms with Gasteiger partial charge in [0, 0.05) is 47.6 Å². The number of nitrogens with one attached hydrogen (secondary N) is 1. The summed E-state index contributed by atoms with van der Waals surface area (Å²) in [5, 5.41) is 43.2. The second kappa shape index (κ2) is 22.7. The summed E-state index contributed by atoms with van der Waals surface area (Å²) in [7, 11) is 7.12. The number of amides is 1. The predicted molar refractivity (Wildman–Crippen MR) is 228 cm³/mol. The van der Waals surface area contributed by atoms with Crippen molar-refractivity contribution in [3.8, 4) is 17.2 Å². The smallest absolute Gasteiger partial charge is 0.229 e. The first-order chi connectivity index (χ1) is 29.5. The Labute approximate surface area is 379 Å². The van der Waals surface area contributed by atoms with Gasteiger partial charge in [-0.3, -0.25) is 14.4 Å². The third-order valence-corrected chi connectivity index (χ3v) is 14.5. The number of hydrogen-bond donors (Lipinski definition) is 5. The van der Waals surface area contributed by atoms with Gasteiger partial charge in [-0.15, -0.1) is 0 Å². The van der Waals surface area contributed by atoms with Crippen molar-refractivity contribution in [2.75, 3.05) is 48.7 Å². The van der Waals surface area contributed by atoms with Crippen molar-refractivity contribution >= 4 is 45.4 Å². The molecule has 0 aromatic heterocycles. The highest BCUT2D eigenvalue weighted by molar-refractivity contribution is 14.1. The Bertz CT molecular complexity index is 1660. The summed E-state index contributed by atoms with van der Waals surface area (Å²) in [5.74, 6) is 0.193. The van der Waals surface area contributed by atoms with Crippen molar-refractivity contribution in [3.05, 3.63) is 14.7 Å². The van der Waals surface area contributed by atoms with E-state index in [0.29, 0.717) is 15.7 Å². The molecule has 3 unspecified atom stereocenters. The molecule has 1 aromatic carbocycles. The highest BCUT2D eigenvalue weighted by Crippen LogP contribution is 2.48. The van der Waals surface area contributed by atoms with Gasteiger partial charge in [0.1, 0.15) is 30.5 Å². The zero-order chi connectivity index (χ0) is 45.7. The number of likely N-dealkylation sites (N-methyl/N-ethyl adjacent to an activating group) is 1. The average Bonchev–Trinajstić information content (AvgIpc) is 3.24. The molecular weight excluding hydrogens is 955 g/mol. The Morgan fingerprint density at radius 3 is 2.08 bits per heavy atom.